The third kappa shape index (κ3) is 2.61. The minimum atomic E-state index is -0.284. The lowest BCUT2D eigenvalue weighted by Crippen LogP contribution is -2.29. The van der Waals surface area contributed by atoms with Gasteiger partial charge >= 0.3 is 5.97 Å². The van der Waals surface area contributed by atoms with E-state index in [2.05, 4.69) is 17.1 Å². The van der Waals surface area contributed by atoms with Gasteiger partial charge in [-0.2, -0.15) is 0 Å². The fourth-order valence-electron chi connectivity index (χ4n) is 3.77. The minimum absolute atomic E-state index is 0.0375. The first-order valence-electron chi connectivity index (χ1n) is 8.57. The van der Waals surface area contributed by atoms with E-state index >= 15 is 0 Å². The summed E-state index contributed by atoms with van der Waals surface area (Å²) in [6.07, 6.45) is 5.82. The number of ether oxygens (including phenoxy) is 2. The molecule has 1 aliphatic carbocycles. The number of hydrogen-bond donors (Lipinski definition) is 0. The maximum absolute atomic E-state index is 12.0. The zero-order valence-corrected chi connectivity index (χ0v) is 14.9. The smallest absolute Gasteiger partial charge is 0.350 e. The number of aryl methyl sites for hydroxylation is 1. The normalized spacial score (nSPS) is 17.8. The first-order chi connectivity index (χ1) is 11.6. The van der Waals surface area contributed by atoms with E-state index in [1.165, 1.54) is 29.7 Å². The van der Waals surface area contributed by atoms with E-state index < -0.39 is 0 Å². The standard InChI is InChI=1S/C19H21NO3S/c1-3-22-18(21)16-12(2)20-17(24-16)13-6-7-15-14(10-13)11-19(23-15)8-4-5-9-19/h6-7,10H,3-5,8-9,11H2,1-2H3. The Kier molecular flexibility index (Phi) is 3.83. The molecule has 0 radical (unpaired) electrons. The second kappa shape index (κ2) is 5.88. The number of fused-ring (bicyclic) bond motifs is 1. The number of carbonyl (C=O) groups excluding carboxylic acids is 1. The first-order valence-corrected chi connectivity index (χ1v) is 9.39. The predicted octanol–water partition coefficient (Wildman–Crippen LogP) is 4.54. The molecule has 1 fully saturated rings. The fraction of sp³-hybridized carbons (Fsp3) is 0.474. The predicted molar refractivity (Wildman–Crippen MR) is 93.8 cm³/mol. The van der Waals surface area contributed by atoms with Crippen molar-refractivity contribution in [1.82, 2.24) is 4.98 Å². The highest BCUT2D eigenvalue weighted by Gasteiger charge is 2.41. The van der Waals surface area contributed by atoms with Crippen LogP contribution < -0.4 is 4.74 Å². The summed E-state index contributed by atoms with van der Waals surface area (Å²) in [4.78, 5) is 17.2. The molecular formula is C19H21NO3S. The maximum atomic E-state index is 12.0. The first kappa shape index (κ1) is 15.6. The number of esters is 1. The van der Waals surface area contributed by atoms with Gasteiger partial charge in [-0.3, -0.25) is 0 Å². The van der Waals surface area contributed by atoms with Crippen LogP contribution in [0.5, 0.6) is 5.75 Å². The molecule has 0 saturated heterocycles. The minimum Gasteiger partial charge on any atom is -0.487 e. The van der Waals surface area contributed by atoms with Gasteiger partial charge < -0.3 is 9.47 Å². The number of carbonyl (C=O) groups is 1. The summed E-state index contributed by atoms with van der Waals surface area (Å²) in [5.41, 5.74) is 3.09. The van der Waals surface area contributed by atoms with Crippen LogP contribution in [0.2, 0.25) is 0 Å². The molecule has 1 saturated carbocycles. The zero-order chi connectivity index (χ0) is 16.7. The van der Waals surface area contributed by atoms with Crippen LogP contribution in [-0.2, 0) is 11.2 Å². The topological polar surface area (TPSA) is 48.4 Å². The second-order valence-electron chi connectivity index (χ2n) is 6.65. The van der Waals surface area contributed by atoms with Crippen LogP contribution in [0.25, 0.3) is 10.6 Å². The molecule has 1 aliphatic heterocycles. The van der Waals surface area contributed by atoms with Crippen molar-refractivity contribution in [3.8, 4) is 16.3 Å². The summed E-state index contributed by atoms with van der Waals surface area (Å²) < 4.78 is 11.4. The molecular weight excluding hydrogens is 322 g/mol. The summed E-state index contributed by atoms with van der Waals surface area (Å²) >= 11 is 1.40. The molecule has 0 N–H and O–H groups in total. The van der Waals surface area contributed by atoms with Gasteiger partial charge in [-0.15, -0.1) is 11.3 Å². The van der Waals surface area contributed by atoms with Gasteiger partial charge in [0, 0.05) is 12.0 Å². The highest BCUT2D eigenvalue weighted by atomic mass is 32.1. The van der Waals surface area contributed by atoms with E-state index in [0.29, 0.717) is 11.5 Å². The third-order valence-corrected chi connectivity index (χ3v) is 6.11. The van der Waals surface area contributed by atoms with Crippen molar-refractivity contribution in [2.45, 2.75) is 51.6 Å². The van der Waals surface area contributed by atoms with E-state index in [1.807, 2.05) is 19.9 Å². The monoisotopic (exact) mass is 343 g/mol. The molecule has 1 spiro atoms. The molecule has 2 aliphatic rings. The average Bonchev–Trinajstić information content (AvgIpc) is 3.25. The Balaban J connectivity index is 1.63. The van der Waals surface area contributed by atoms with Crippen LogP contribution in [0.15, 0.2) is 18.2 Å². The van der Waals surface area contributed by atoms with Crippen LogP contribution in [0.1, 0.15) is 53.5 Å². The summed E-state index contributed by atoms with van der Waals surface area (Å²) in [5, 5.41) is 0.866. The van der Waals surface area contributed by atoms with Crippen LogP contribution in [0, 0.1) is 6.92 Å². The van der Waals surface area contributed by atoms with Gasteiger partial charge in [0.2, 0.25) is 0 Å². The van der Waals surface area contributed by atoms with Gasteiger partial charge in [0.1, 0.15) is 21.2 Å². The number of nitrogens with zero attached hydrogens (tertiary/aromatic N) is 1. The number of rotatable bonds is 3. The van der Waals surface area contributed by atoms with Crippen molar-refractivity contribution in [2.24, 2.45) is 0 Å². The van der Waals surface area contributed by atoms with Gasteiger partial charge in [0.15, 0.2) is 0 Å². The summed E-state index contributed by atoms with van der Waals surface area (Å²) in [7, 11) is 0. The number of hydrogen-bond acceptors (Lipinski definition) is 5. The lowest BCUT2D eigenvalue weighted by molar-refractivity contribution is 0.0531. The summed E-state index contributed by atoms with van der Waals surface area (Å²) in [5.74, 6) is 0.729. The zero-order valence-electron chi connectivity index (χ0n) is 14.1. The van der Waals surface area contributed by atoms with Gasteiger partial charge in [0.05, 0.1) is 12.3 Å². The van der Waals surface area contributed by atoms with Crippen molar-refractivity contribution >= 4 is 17.3 Å². The van der Waals surface area contributed by atoms with E-state index in [9.17, 15) is 4.79 Å². The highest BCUT2D eigenvalue weighted by Crippen LogP contribution is 2.45. The van der Waals surface area contributed by atoms with Gasteiger partial charge in [-0.1, -0.05) is 0 Å². The molecule has 1 aromatic carbocycles. The molecule has 0 amide bonds. The Morgan fingerprint density at radius 1 is 1.38 bits per heavy atom. The molecule has 2 heterocycles. The number of benzene rings is 1. The highest BCUT2D eigenvalue weighted by molar-refractivity contribution is 7.17. The third-order valence-electron chi connectivity index (χ3n) is 4.92. The molecule has 0 atom stereocenters. The van der Waals surface area contributed by atoms with Crippen molar-refractivity contribution in [2.75, 3.05) is 6.61 Å². The largest absolute Gasteiger partial charge is 0.487 e. The Bertz CT molecular complexity index is 790. The van der Waals surface area contributed by atoms with E-state index in [1.54, 1.807) is 0 Å². The summed E-state index contributed by atoms with van der Waals surface area (Å²) in [6.45, 7) is 4.05. The van der Waals surface area contributed by atoms with Gasteiger partial charge in [-0.25, -0.2) is 9.78 Å². The molecule has 1 aromatic heterocycles. The van der Waals surface area contributed by atoms with Gasteiger partial charge in [0.25, 0.3) is 0 Å². The van der Waals surface area contributed by atoms with Crippen LogP contribution in [0.3, 0.4) is 0 Å². The van der Waals surface area contributed by atoms with E-state index in [0.717, 1.165) is 41.3 Å². The number of thiazole rings is 1. The van der Waals surface area contributed by atoms with Gasteiger partial charge in [-0.05, 0) is 63.3 Å². The van der Waals surface area contributed by atoms with Crippen molar-refractivity contribution < 1.29 is 14.3 Å². The maximum Gasteiger partial charge on any atom is 0.350 e. The molecule has 126 valence electrons. The molecule has 4 nitrogen and oxygen atoms in total. The van der Waals surface area contributed by atoms with Crippen molar-refractivity contribution in [3.63, 3.8) is 0 Å². The lowest BCUT2D eigenvalue weighted by Gasteiger charge is -2.22. The average molecular weight is 343 g/mol. The van der Waals surface area contributed by atoms with Crippen molar-refractivity contribution in [3.05, 3.63) is 34.3 Å². The molecule has 2 aromatic rings. The number of aromatic nitrogens is 1. The molecule has 0 bridgehead atoms. The van der Waals surface area contributed by atoms with E-state index in [4.69, 9.17) is 9.47 Å². The van der Waals surface area contributed by atoms with Crippen LogP contribution in [0.4, 0.5) is 0 Å². The second-order valence-corrected chi connectivity index (χ2v) is 7.64. The van der Waals surface area contributed by atoms with Crippen molar-refractivity contribution in [1.29, 1.82) is 0 Å². The molecule has 4 rings (SSSR count). The Labute approximate surface area is 145 Å². The Hall–Kier alpha value is -1.88. The SMILES string of the molecule is CCOC(=O)c1sc(-c2ccc3c(c2)CC2(CCCC2)O3)nc1C. The quantitative estimate of drug-likeness (QED) is 0.768. The fourth-order valence-corrected chi connectivity index (χ4v) is 4.73. The summed E-state index contributed by atoms with van der Waals surface area (Å²) in [6, 6.07) is 6.27. The molecule has 0 unspecified atom stereocenters. The van der Waals surface area contributed by atoms with E-state index in [-0.39, 0.29) is 11.6 Å². The molecule has 24 heavy (non-hydrogen) atoms. The Morgan fingerprint density at radius 3 is 2.92 bits per heavy atom. The van der Waals surface area contributed by atoms with Crippen LogP contribution in [-0.4, -0.2) is 23.2 Å². The Morgan fingerprint density at radius 2 is 2.17 bits per heavy atom. The van der Waals surface area contributed by atoms with Crippen LogP contribution >= 0.6 is 11.3 Å². The molecule has 5 heteroatoms. The lowest BCUT2D eigenvalue weighted by atomic mass is 9.95.